The highest BCUT2D eigenvalue weighted by atomic mass is 79.9. The molecule has 2 rings (SSSR count). The molecule has 1 aromatic rings. The lowest BCUT2D eigenvalue weighted by molar-refractivity contribution is -0.142. The minimum absolute atomic E-state index is 0.0392. The number of pyridine rings is 1. The van der Waals surface area contributed by atoms with E-state index >= 15 is 0 Å². The summed E-state index contributed by atoms with van der Waals surface area (Å²) in [6.07, 6.45) is 1.63. The third-order valence-electron chi connectivity index (χ3n) is 3.23. The van der Waals surface area contributed by atoms with Gasteiger partial charge in [0.25, 0.3) is 5.91 Å². The molecule has 0 saturated carbocycles. The van der Waals surface area contributed by atoms with Gasteiger partial charge in [-0.05, 0) is 28.1 Å². The van der Waals surface area contributed by atoms with E-state index in [0.29, 0.717) is 36.3 Å². The molecule has 7 heteroatoms. The zero-order chi connectivity index (χ0) is 14.5. The summed E-state index contributed by atoms with van der Waals surface area (Å²) in [4.78, 5) is 31.4. The molecule has 20 heavy (non-hydrogen) atoms. The fourth-order valence-corrected chi connectivity index (χ4v) is 2.49. The maximum Gasteiger partial charge on any atom is 0.319 e. The molecule has 1 fully saturated rings. The highest BCUT2D eigenvalue weighted by molar-refractivity contribution is 9.10. The number of halogens is 1. The van der Waals surface area contributed by atoms with Crippen LogP contribution in [-0.2, 0) is 9.53 Å². The summed E-state index contributed by atoms with van der Waals surface area (Å²) in [5.41, 5.74) is 0.564. The first-order valence-corrected chi connectivity index (χ1v) is 7.10. The normalized spacial score (nSPS) is 16.0. The number of amides is 1. The Bertz CT molecular complexity index is 501. The number of carbonyl (C=O) groups excluding carboxylic acids is 2. The Morgan fingerprint density at radius 2 is 2.05 bits per heavy atom. The second-order valence-electron chi connectivity index (χ2n) is 4.49. The summed E-state index contributed by atoms with van der Waals surface area (Å²) in [7, 11) is 1.38. The maximum absolute atomic E-state index is 12.4. The SMILES string of the molecule is COC(=O)CN1CCN(C(=O)c2cccnc2Br)CC1. The highest BCUT2D eigenvalue weighted by Gasteiger charge is 2.24. The molecule has 0 aliphatic carbocycles. The molecule has 0 aromatic carbocycles. The van der Waals surface area contributed by atoms with Gasteiger partial charge in [0.1, 0.15) is 4.60 Å². The first kappa shape index (κ1) is 14.9. The molecule has 108 valence electrons. The monoisotopic (exact) mass is 341 g/mol. The Labute approximate surface area is 125 Å². The predicted molar refractivity (Wildman–Crippen MR) is 76.3 cm³/mol. The van der Waals surface area contributed by atoms with Crippen LogP contribution in [0.15, 0.2) is 22.9 Å². The topological polar surface area (TPSA) is 62.7 Å². The van der Waals surface area contributed by atoms with Crippen molar-refractivity contribution >= 4 is 27.8 Å². The smallest absolute Gasteiger partial charge is 0.319 e. The van der Waals surface area contributed by atoms with Crippen LogP contribution in [0.4, 0.5) is 0 Å². The summed E-state index contributed by atoms with van der Waals surface area (Å²) in [6.45, 7) is 2.79. The van der Waals surface area contributed by atoms with Gasteiger partial charge in [-0.15, -0.1) is 0 Å². The van der Waals surface area contributed by atoms with Crippen molar-refractivity contribution < 1.29 is 14.3 Å². The quantitative estimate of drug-likeness (QED) is 0.600. The number of methoxy groups -OCH3 is 1. The van der Waals surface area contributed by atoms with Crippen molar-refractivity contribution in [1.82, 2.24) is 14.8 Å². The third-order valence-corrected chi connectivity index (χ3v) is 3.86. The van der Waals surface area contributed by atoms with Gasteiger partial charge in [-0.1, -0.05) is 0 Å². The zero-order valence-corrected chi connectivity index (χ0v) is 12.8. The van der Waals surface area contributed by atoms with Gasteiger partial charge < -0.3 is 9.64 Å². The van der Waals surface area contributed by atoms with E-state index in [1.54, 1.807) is 23.2 Å². The van der Waals surface area contributed by atoms with E-state index in [1.165, 1.54) is 7.11 Å². The fourth-order valence-electron chi connectivity index (χ4n) is 2.07. The van der Waals surface area contributed by atoms with Crippen LogP contribution in [-0.4, -0.2) is 66.5 Å². The summed E-state index contributed by atoms with van der Waals surface area (Å²) in [5.74, 6) is -0.289. The van der Waals surface area contributed by atoms with Crippen molar-refractivity contribution in [1.29, 1.82) is 0 Å². The van der Waals surface area contributed by atoms with Crippen molar-refractivity contribution in [3.05, 3.63) is 28.5 Å². The van der Waals surface area contributed by atoms with Crippen molar-refractivity contribution in [3.63, 3.8) is 0 Å². The van der Waals surface area contributed by atoms with E-state index in [-0.39, 0.29) is 18.4 Å². The molecule has 1 aliphatic rings. The van der Waals surface area contributed by atoms with Gasteiger partial charge in [0.15, 0.2) is 0 Å². The van der Waals surface area contributed by atoms with E-state index in [4.69, 9.17) is 0 Å². The Morgan fingerprint density at radius 1 is 1.35 bits per heavy atom. The number of hydrogen-bond acceptors (Lipinski definition) is 5. The first-order chi connectivity index (χ1) is 9.61. The van der Waals surface area contributed by atoms with E-state index in [1.807, 2.05) is 4.90 Å². The number of piperazine rings is 1. The Hall–Kier alpha value is -1.47. The van der Waals surface area contributed by atoms with Crippen molar-refractivity contribution in [2.75, 3.05) is 39.8 Å². The van der Waals surface area contributed by atoms with Crippen LogP contribution in [0.3, 0.4) is 0 Å². The fraction of sp³-hybridized carbons (Fsp3) is 0.462. The second kappa shape index (κ2) is 6.81. The van der Waals surface area contributed by atoms with Gasteiger partial charge in [0.05, 0.1) is 19.2 Å². The van der Waals surface area contributed by atoms with E-state index in [0.717, 1.165) is 0 Å². The minimum Gasteiger partial charge on any atom is -0.468 e. The second-order valence-corrected chi connectivity index (χ2v) is 5.24. The van der Waals surface area contributed by atoms with Crippen LogP contribution in [0.1, 0.15) is 10.4 Å². The van der Waals surface area contributed by atoms with E-state index in [2.05, 4.69) is 25.7 Å². The van der Waals surface area contributed by atoms with Gasteiger partial charge in [-0.25, -0.2) is 4.98 Å². The van der Waals surface area contributed by atoms with Crippen LogP contribution < -0.4 is 0 Å². The van der Waals surface area contributed by atoms with E-state index < -0.39 is 0 Å². The zero-order valence-electron chi connectivity index (χ0n) is 11.2. The molecule has 0 radical (unpaired) electrons. The standard InChI is InChI=1S/C13H16BrN3O3/c1-20-11(18)9-16-5-7-17(8-6-16)13(19)10-3-2-4-15-12(10)14/h2-4H,5-9H2,1H3. The number of carbonyl (C=O) groups is 2. The van der Waals surface area contributed by atoms with Crippen LogP contribution in [0, 0.1) is 0 Å². The largest absolute Gasteiger partial charge is 0.468 e. The van der Waals surface area contributed by atoms with Gasteiger partial charge in [-0.2, -0.15) is 0 Å². The number of hydrogen-bond donors (Lipinski definition) is 0. The number of aromatic nitrogens is 1. The average Bonchev–Trinajstić information content (AvgIpc) is 2.47. The Balaban J connectivity index is 1.92. The lowest BCUT2D eigenvalue weighted by Gasteiger charge is -2.34. The molecule has 6 nitrogen and oxygen atoms in total. The number of esters is 1. The van der Waals surface area contributed by atoms with Crippen molar-refractivity contribution in [2.24, 2.45) is 0 Å². The maximum atomic E-state index is 12.4. The molecule has 1 aliphatic heterocycles. The van der Waals surface area contributed by atoms with Crippen molar-refractivity contribution in [2.45, 2.75) is 0 Å². The minimum atomic E-state index is -0.250. The molecule has 1 aromatic heterocycles. The van der Waals surface area contributed by atoms with E-state index in [9.17, 15) is 9.59 Å². The Kier molecular flexibility index (Phi) is 5.08. The molecule has 2 heterocycles. The van der Waals surface area contributed by atoms with Crippen LogP contribution in [0.2, 0.25) is 0 Å². The third kappa shape index (κ3) is 3.55. The lowest BCUT2D eigenvalue weighted by Crippen LogP contribution is -2.50. The van der Waals surface area contributed by atoms with Gasteiger partial charge in [0.2, 0.25) is 0 Å². The average molecular weight is 342 g/mol. The molecule has 0 spiro atoms. The highest BCUT2D eigenvalue weighted by Crippen LogP contribution is 2.16. The molecule has 0 N–H and O–H groups in total. The van der Waals surface area contributed by atoms with Gasteiger partial charge in [0, 0.05) is 32.4 Å². The predicted octanol–water partition coefficient (Wildman–Crippen LogP) is 0.775. The van der Waals surface area contributed by atoms with Gasteiger partial charge in [-0.3, -0.25) is 14.5 Å². The number of ether oxygens (including phenoxy) is 1. The summed E-state index contributed by atoms with van der Waals surface area (Å²) < 4.78 is 5.19. The summed E-state index contributed by atoms with van der Waals surface area (Å²) in [6, 6.07) is 3.49. The lowest BCUT2D eigenvalue weighted by atomic mass is 10.2. The molecule has 0 unspecified atom stereocenters. The number of nitrogens with zero attached hydrogens (tertiary/aromatic N) is 3. The van der Waals surface area contributed by atoms with Crippen LogP contribution >= 0.6 is 15.9 Å². The summed E-state index contributed by atoms with van der Waals surface area (Å²) >= 11 is 3.29. The van der Waals surface area contributed by atoms with Crippen molar-refractivity contribution in [3.8, 4) is 0 Å². The number of rotatable bonds is 3. The van der Waals surface area contributed by atoms with Gasteiger partial charge >= 0.3 is 5.97 Å². The Morgan fingerprint density at radius 3 is 2.65 bits per heavy atom. The molecule has 0 atom stereocenters. The molecule has 0 bridgehead atoms. The van der Waals surface area contributed by atoms with Crippen LogP contribution in [0.5, 0.6) is 0 Å². The summed E-state index contributed by atoms with van der Waals surface area (Å²) in [5, 5.41) is 0. The molecular formula is C13H16BrN3O3. The van der Waals surface area contributed by atoms with Crippen LogP contribution in [0.25, 0.3) is 0 Å². The molecule has 1 saturated heterocycles. The first-order valence-electron chi connectivity index (χ1n) is 6.31. The molecule has 1 amide bonds. The molecular weight excluding hydrogens is 326 g/mol.